The van der Waals surface area contributed by atoms with Crippen molar-refractivity contribution in [3.8, 4) is 0 Å². The Labute approximate surface area is 114 Å². The van der Waals surface area contributed by atoms with Gasteiger partial charge >= 0.3 is 0 Å². The molecule has 0 spiro atoms. The van der Waals surface area contributed by atoms with Gasteiger partial charge in [0.15, 0.2) is 9.84 Å². The van der Waals surface area contributed by atoms with Crippen LogP contribution in [0.15, 0.2) is 0 Å². The average Bonchev–Trinajstić information content (AvgIpc) is 2.47. The molecule has 0 unspecified atom stereocenters. The van der Waals surface area contributed by atoms with Crippen molar-refractivity contribution in [1.82, 2.24) is 8.61 Å². The lowest BCUT2D eigenvalue weighted by Crippen LogP contribution is -2.43. The maximum Gasteiger partial charge on any atom is 0.281 e. The van der Waals surface area contributed by atoms with Crippen LogP contribution >= 0.6 is 11.6 Å². The molecule has 0 aliphatic carbocycles. The molecule has 0 radical (unpaired) electrons. The van der Waals surface area contributed by atoms with Crippen molar-refractivity contribution in [2.75, 3.05) is 44.1 Å². The Morgan fingerprint density at radius 1 is 1.28 bits per heavy atom. The van der Waals surface area contributed by atoms with Gasteiger partial charge in [0.05, 0.1) is 11.5 Å². The first-order valence-electron chi connectivity index (χ1n) is 5.77. The molecule has 1 fully saturated rings. The normalized spacial score (nSPS) is 21.9. The first-order chi connectivity index (χ1) is 8.29. The van der Waals surface area contributed by atoms with Crippen LogP contribution in [0.1, 0.15) is 12.8 Å². The van der Waals surface area contributed by atoms with Gasteiger partial charge in [-0.1, -0.05) is 0 Å². The Balaban J connectivity index is 2.73. The molecule has 108 valence electrons. The summed E-state index contributed by atoms with van der Waals surface area (Å²) in [5.74, 6) is 0.355. The molecule has 0 aromatic rings. The maximum atomic E-state index is 12.2. The van der Waals surface area contributed by atoms with Crippen LogP contribution < -0.4 is 0 Å². The second kappa shape index (κ2) is 6.51. The minimum Gasteiger partial charge on any atom is -0.229 e. The fourth-order valence-corrected chi connectivity index (χ4v) is 4.68. The van der Waals surface area contributed by atoms with E-state index in [0.29, 0.717) is 25.3 Å². The summed E-state index contributed by atoms with van der Waals surface area (Å²) in [5.41, 5.74) is 0. The van der Waals surface area contributed by atoms with Crippen molar-refractivity contribution in [2.45, 2.75) is 12.8 Å². The van der Waals surface area contributed by atoms with Crippen molar-refractivity contribution in [2.24, 2.45) is 0 Å². The van der Waals surface area contributed by atoms with E-state index in [-0.39, 0.29) is 24.6 Å². The molecule has 1 aliphatic rings. The highest BCUT2D eigenvalue weighted by molar-refractivity contribution is 7.91. The lowest BCUT2D eigenvalue weighted by molar-refractivity contribution is 0.372. The standard InChI is InChI=1S/C9H19ClN2O4S2/c1-11(5-2-4-10)18(15,16)12-6-3-8-17(13,14)9-7-12/h2-9H2,1H3. The fraction of sp³-hybridized carbons (Fsp3) is 1.00. The molecule has 18 heavy (non-hydrogen) atoms. The van der Waals surface area contributed by atoms with Crippen molar-refractivity contribution < 1.29 is 16.8 Å². The van der Waals surface area contributed by atoms with Crippen LogP contribution in [0.25, 0.3) is 0 Å². The predicted molar refractivity (Wildman–Crippen MR) is 71.7 cm³/mol. The average molecular weight is 319 g/mol. The maximum absolute atomic E-state index is 12.2. The van der Waals surface area contributed by atoms with Gasteiger partial charge in [-0.25, -0.2) is 8.42 Å². The Kier molecular flexibility index (Phi) is 5.85. The molecule has 9 heteroatoms. The Bertz CT molecular complexity index is 463. The predicted octanol–water partition coefficient (Wildman–Crippen LogP) is -0.0876. The van der Waals surface area contributed by atoms with E-state index in [1.54, 1.807) is 0 Å². The first kappa shape index (κ1) is 16.2. The Hall–Kier alpha value is 0.110. The topological polar surface area (TPSA) is 74.8 Å². The van der Waals surface area contributed by atoms with Crippen molar-refractivity contribution in [3.63, 3.8) is 0 Å². The zero-order valence-electron chi connectivity index (χ0n) is 10.4. The summed E-state index contributed by atoms with van der Waals surface area (Å²) in [6, 6.07) is 0. The number of hydrogen-bond donors (Lipinski definition) is 0. The van der Waals surface area contributed by atoms with Gasteiger partial charge < -0.3 is 0 Å². The second-order valence-corrected chi connectivity index (χ2v) is 8.99. The molecular formula is C9H19ClN2O4S2. The third-order valence-electron chi connectivity index (χ3n) is 2.84. The minimum absolute atomic E-state index is 0.0376. The molecule has 0 aromatic carbocycles. The van der Waals surface area contributed by atoms with Gasteiger partial charge in [0.25, 0.3) is 10.2 Å². The van der Waals surface area contributed by atoms with Crippen LogP contribution in [-0.2, 0) is 20.0 Å². The van der Waals surface area contributed by atoms with Crippen LogP contribution in [0.5, 0.6) is 0 Å². The van der Waals surface area contributed by atoms with Crippen molar-refractivity contribution >= 4 is 31.6 Å². The highest BCUT2D eigenvalue weighted by atomic mass is 35.5. The van der Waals surface area contributed by atoms with Crippen LogP contribution in [0.4, 0.5) is 0 Å². The van der Waals surface area contributed by atoms with Gasteiger partial charge in [-0.15, -0.1) is 11.6 Å². The highest BCUT2D eigenvalue weighted by Gasteiger charge is 2.30. The SMILES string of the molecule is CN(CCCCl)S(=O)(=O)N1CCCS(=O)(=O)CC1. The van der Waals surface area contributed by atoms with Crippen molar-refractivity contribution in [3.05, 3.63) is 0 Å². The number of alkyl halides is 1. The van der Waals surface area contributed by atoms with Gasteiger partial charge in [-0.05, 0) is 12.8 Å². The zero-order chi connectivity index (χ0) is 13.8. The van der Waals surface area contributed by atoms with E-state index in [9.17, 15) is 16.8 Å². The monoisotopic (exact) mass is 318 g/mol. The van der Waals surface area contributed by atoms with E-state index in [4.69, 9.17) is 11.6 Å². The van der Waals surface area contributed by atoms with E-state index in [0.717, 1.165) is 0 Å². The molecule has 0 atom stereocenters. The third-order valence-corrected chi connectivity index (χ3v) is 6.81. The van der Waals surface area contributed by atoms with E-state index >= 15 is 0 Å². The lowest BCUT2D eigenvalue weighted by Gasteiger charge is -2.25. The number of hydrogen-bond acceptors (Lipinski definition) is 4. The fourth-order valence-electron chi connectivity index (χ4n) is 1.74. The first-order valence-corrected chi connectivity index (χ1v) is 9.53. The summed E-state index contributed by atoms with van der Waals surface area (Å²) >= 11 is 5.53. The Morgan fingerprint density at radius 2 is 1.94 bits per heavy atom. The summed E-state index contributed by atoms with van der Waals surface area (Å²) in [6.07, 6.45) is 0.925. The van der Waals surface area contributed by atoms with Crippen LogP contribution in [0.3, 0.4) is 0 Å². The minimum atomic E-state index is -3.56. The molecule has 0 amide bonds. The summed E-state index contributed by atoms with van der Waals surface area (Å²) in [7, 11) is -5.18. The number of halogens is 1. The van der Waals surface area contributed by atoms with E-state index < -0.39 is 20.0 Å². The van der Waals surface area contributed by atoms with E-state index in [1.165, 1.54) is 15.7 Å². The number of sulfone groups is 1. The molecular weight excluding hydrogens is 300 g/mol. The van der Waals surface area contributed by atoms with Gasteiger partial charge in [0, 0.05) is 32.6 Å². The molecule has 0 bridgehead atoms. The number of nitrogens with zero attached hydrogens (tertiary/aromatic N) is 2. The van der Waals surface area contributed by atoms with Crippen LogP contribution in [-0.4, -0.2) is 69.5 Å². The summed E-state index contributed by atoms with van der Waals surface area (Å²) in [5, 5.41) is 0. The van der Waals surface area contributed by atoms with Gasteiger partial charge in [-0.3, -0.25) is 0 Å². The second-order valence-electron chi connectivity index (χ2n) is 4.28. The van der Waals surface area contributed by atoms with Gasteiger partial charge in [-0.2, -0.15) is 17.0 Å². The van der Waals surface area contributed by atoms with Crippen molar-refractivity contribution in [1.29, 1.82) is 0 Å². The molecule has 1 rings (SSSR count). The molecule has 0 aromatic heterocycles. The van der Waals surface area contributed by atoms with E-state index in [2.05, 4.69) is 0 Å². The molecule has 1 saturated heterocycles. The molecule has 6 nitrogen and oxygen atoms in total. The largest absolute Gasteiger partial charge is 0.281 e. The quantitative estimate of drug-likeness (QED) is 0.664. The highest BCUT2D eigenvalue weighted by Crippen LogP contribution is 2.12. The van der Waals surface area contributed by atoms with Gasteiger partial charge in [0.2, 0.25) is 0 Å². The van der Waals surface area contributed by atoms with Crippen LogP contribution in [0.2, 0.25) is 0 Å². The molecule has 1 heterocycles. The lowest BCUT2D eigenvalue weighted by atomic mass is 10.5. The van der Waals surface area contributed by atoms with Crippen LogP contribution in [0, 0.1) is 0 Å². The Morgan fingerprint density at radius 3 is 2.56 bits per heavy atom. The number of rotatable bonds is 5. The summed E-state index contributed by atoms with van der Waals surface area (Å²) in [6.45, 7) is 0.637. The third kappa shape index (κ3) is 4.34. The molecule has 0 saturated carbocycles. The summed E-state index contributed by atoms with van der Waals surface area (Å²) in [4.78, 5) is 0. The zero-order valence-corrected chi connectivity index (χ0v) is 12.8. The van der Waals surface area contributed by atoms with Gasteiger partial charge in [0.1, 0.15) is 0 Å². The summed E-state index contributed by atoms with van der Waals surface area (Å²) < 4.78 is 49.7. The molecule has 1 aliphatic heterocycles. The molecule has 0 N–H and O–H groups in total. The smallest absolute Gasteiger partial charge is 0.229 e. The van der Waals surface area contributed by atoms with E-state index in [1.807, 2.05) is 0 Å².